The summed E-state index contributed by atoms with van der Waals surface area (Å²) in [5, 5.41) is 2.72. The molecule has 1 rings (SSSR count). The van der Waals surface area contributed by atoms with E-state index in [4.69, 9.17) is 22.7 Å². The number of nitrogens with zero attached hydrogens (tertiary/aromatic N) is 1. The zero-order valence-corrected chi connectivity index (χ0v) is 12.9. The van der Waals surface area contributed by atoms with Gasteiger partial charge in [0.15, 0.2) is 12.4 Å². The highest BCUT2D eigenvalue weighted by Crippen LogP contribution is 2.02. The standard InChI is InChI=1S/C14H21N3O3S/c1-2-3-7-16-13(18)10-20-11-5-4-8-17(14(11)19)9-6-12(15)21/h4-5,8H,2-3,6-7,9-10H2,1H3,(H2,15,21)(H,16,18). The average Bonchev–Trinajstić information content (AvgIpc) is 2.45. The van der Waals surface area contributed by atoms with Gasteiger partial charge in [0.1, 0.15) is 0 Å². The number of amides is 1. The van der Waals surface area contributed by atoms with Gasteiger partial charge in [-0.3, -0.25) is 9.59 Å². The summed E-state index contributed by atoms with van der Waals surface area (Å²) in [5.41, 5.74) is 5.12. The normalized spacial score (nSPS) is 10.1. The van der Waals surface area contributed by atoms with E-state index in [-0.39, 0.29) is 23.8 Å². The van der Waals surface area contributed by atoms with Crippen LogP contribution in [-0.2, 0) is 11.3 Å². The molecule has 0 bridgehead atoms. The summed E-state index contributed by atoms with van der Waals surface area (Å²) in [6, 6.07) is 3.23. The van der Waals surface area contributed by atoms with E-state index in [1.54, 1.807) is 18.3 Å². The number of rotatable bonds is 9. The van der Waals surface area contributed by atoms with Gasteiger partial charge in [-0.2, -0.15) is 0 Å². The van der Waals surface area contributed by atoms with Crippen LogP contribution in [0.4, 0.5) is 0 Å². The Hall–Kier alpha value is -1.89. The fourth-order valence-corrected chi connectivity index (χ4v) is 1.72. The molecule has 0 saturated carbocycles. The highest BCUT2D eigenvalue weighted by Gasteiger charge is 2.07. The summed E-state index contributed by atoms with van der Waals surface area (Å²) in [6.45, 7) is 2.89. The predicted molar refractivity (Wildman–Crippen MR) is 85.5 cm³/mol. The number of carbonyl (C=O) groups excluding carboxylic acids is 1. The maximum absolute atomic E-state index is 12.1. The van der Waals surface area contributed by atoms with Crippen LogP contribution in [0.1, 0.15) is 26.2 Å². The lowest BCUT2D eigenvalue weighted by molar-refractivity contribution is -0.123. The molecule has 1 aromatic rings. The molecular formula is C14H21N3O3S. The Balaban J connectivity index is 2.55. The first-order chi connectivity index (χ1) is 10.0. The summed E-state index contributed by atoms with van der Waals surface area (Å²) in [5.74, 6) is -0.0903. The molecule has 0 saturated heterocycles. The number of hydrogen-bond acceptors (Lipinski definition) is 4. The first-order valence-corrected chi connectivity index (χ1v) is 7.32. The molecule has 7 heteroatoms. The molecular weight excluding hydrogens is 290 g/mol. The van der Waals surface area contributed by atoms with Crippen LogP contribution in [0.5, 0.6) is 5.75 Å². The zero-order valence-electron chi connectivity index (χ0n) is 12.1. The maximum atomic E-state index is 12.1. The van der Waals surface area contributed by atoms with Crippen molar-refractivity contribution in [2.24, 2.45) is 5.73 Å². The Bertz CT molecular complexity index is 543. The van der Waals surface area contributed by atoms with Gasteiger partial charge >= 0.3 is 0 Å². The summed E-state index contributed by atoms with van der Waals surface area (Å²) >= 11 is 4.78. The van der Waals surface area contributed by atoms with Gasteiger partial charge in [0, 0.05) is 25.7 Å². The molecule has 1 amide bonds. The second-order valence-electron chi connectivity index (χ2n) is 4.58. The lowest BCUT2D eigenvalue weighted by atomic mass is 10.3. The highest BCUT2D eigenvalue weighted by molar-refractivity contribution is 7.80. The van der Waals surface area contributed by atoms with Crippen molar-refractivity contribution in [3.63, 3.8) is 0 Å². The summed E-state index contributed by atoms with van der Waals surface area (Å²) in [7, 11) is 0. The molecule has 0 radical (unpaired) electrons. The van der Waals surface area contributed by atoms with Gasteiger partial charge in [0.2, 0.25) is 0 Å². The number of aromatic nitrogens is 1. The number of hydrogen-bond donors (Lipinski definition) is 2. The first kappa shape index (κ1) is 17.2. The van der Waals surface area contributed by atoms with E-state index >= 15 is 0 Å². The van der Waals surface area contributed by atoms with Crippen molar-refractivity contribution in [1.82, 2.24) is 9.88 Å². The van der Waals surface area contributed by atoms with Crippen molar-refractivity contribution >= 4 is 23.1 Å². The average molecular weight is 311 g/mol. The van der Waals surface area contributed by atoms with Gasteiger partial charge in [0.05, 0.1) is 4.99 Å². The molecule has 0 atom stereocenters. The third kappa shape index (κ3) is 6.40. The number of carbonyl (C=O) groups is 1. The Kier molecular flexibility index (Phi) is 7.45. The van der Waals surface area contributed by atoms with Crippen molar-refractivity contribution in [3.05, 3.63) is 28.7 Å². The van der Waals surface area contributed by atoms with Crippen molar-refractivity contribution in [2.45, 2.75) is 32.7 Å². The number of aryl methyl sites for hydroxylation is 1. The number of nitrogens with two attached hydrogens (primary N) is 1. The van der Waals surface area contributed by atoms with Crippen molar-refractivity contribution in [3.8, 4) is 5.75 Å². The monoisotopic (exact) mass is 311 g/mol. The van der Waals surface area contributed by atoms with E-state index < -0.39 is 0 Å². The van der Waals surface area contributed by atoms with Crippen LogP contribution in [0.25, 0.3) is 0 Å². The third-order valence-corrected chi connectivity index (χ3v) is 3.00. The smallest absolute Gasteiger partial charge is 0.292 e. The summed E-state index contributed by atoms with van der Waals surface area (Å²) in [4.78, 5) is 24.0. The molecule has 0 aromatic carbocycles. The van der Waals surface area contributed by atoms with E-state index in [1.165, 1.54) is 4.57 Å². The number of thiocarbonyl (C=S) groups is 1. The predicted octanol–water partition coefficient (Wildman–Crippen LogP) is 0.820. The largest absolute Gasteiger partial charge is 0.478 e. The Labute approximate surface area is 129 Å². The highest BCUT2D eigenvalue weighted by atomic mass is 32.1. The topological polar surface area (TPSA) is 86.3 Å². The number of ether oxygens (including phenoxy) is 1. The van der Waals surface area contributed by atoms with Crippen LogP contribution in [0.15, 0.2) is 23.1 Å². The molecule has 0 aliphatic carbocycles. The Morgan fingerprint density at radius 1 is 1.52 bits per heavy atom. The first-order valence-electron chi connectivity index (χ1n) is 6.91. The fraction of sp³-hybridized carbons (Fsp3) is 0.500. The van der Waals surface area contributed by atoms with Crippen LogP contribution in [0, 0.1) is 0 Å². The van der Waals surface area contributed by atoms with E-state index in [0.717, 1.165) is 12.8 Å². The zero-order chi connectivity index (χ0) is 15.7. The van der Waals surface area contributed by atoms with Gasteiger partial charge in [-0.25, -0.2) is 0 Å². The van der Waals surface area contributed by atoms with Crippen LogP contribution < -0.4 is 21.3 Å². The second-order valence-corrected chi connectivity index (χ2v) is 5.10. The van der Waals surface area contributed by atoms with Gasteiger partial charge in [-0.1, -0.05) is 25.6 Å². The van der Waals surface area contributed by atoms with Crippen LogP contribution in [0.3, 0.4) is 0 Å². The molecule has 0 fully saturated rings. The lowest BCUT2D eigenvalue weighted by Gasteiger charge is -2.09. The van der Waals surface area contributed by atoms with Crippen LogP contribution >= 0.6 is 12.2 Å². The summed E-state index contributed by atoms with van der Waals surface area (Å²) in [6.07, 6.45) is 4.00. The van der Waals surface area contributed by atoms with Crippen LogP contribution in [-0.4, -0.2) is 28.6 Å². The van der Waals surface area contributed by atoms with Gasteiger partial charge < -0.3 is 20.4 Å². The van der Waals surface area contributed by atoms with Crippen molar-refractivity contribution in [2.75, 3.05) is 13.2 Å². The van der Waals surface area contributed by atoms with Crippen molar-refractivity contribution < 1.29 is 9.53 Å². The van der Waals surface area contributed by atoms with Gasteiger partial charge in [-0.15, -0.1) is 0 Å². The molecule has 0 spiro atoms. The summed E-state index contributed by atoms with van der Waals surface area (Å²) < 4.78 is 6.73. The SMILES string of the molecule is CCCCNC(=O)COc1cccn(CCC(N)=S)c1=O. The molecule has 116 valence electrons. The van der Waals surface area contributed by atoms with E-state index in [9.17, 15) is 9.59 Å². The van der Waals surface area contributed by atoms with E-state index in [2.05, 4.69) is 5.32 Å². The van der Waals surface area contributed by atoms with E-state index in [1.807, 2.05) is 6.92 Å². The quantitative estimate of drug-likeness (QED) is 0.521. The number of unbranched alkanes of at least 4 members (excludes halogenated alkanes) is 1. The minimum absolute atomic E-state index is 0.145. The maximum Gasteiger partial charge on any atom is 0.292 e. The van der Waals surface area contributed by atoms with E-state index in [0.29, 0.717) is 24.5 Å². The van der Waals surface area contributed by atoms with Crippen LogP contribution in [0.2, 0.25) is 0 Å². The molecule has 1 heterocycles. The third-order valence-electron chi connectivity index (χ3n) is 2.80. The van der Waals surface area contributed by atoms with Crippen molar-refractivity contribution in [1.29, 1.82) is 0 Å². The van der Waals surface area contributed by atoms with Gasteiger partial charge in [0.25, 0.3) is 11.5 Å². The Morgan fingerprint density at radius 3 is 2.95 bits per heavy atom. The minimum Gasteiger partial charge on any atom is -0.478 e. The molecule has 6 nitrogen and oxygen atoms in total. The van der Waals surface area contributed by atoms with Gasteiger partial charge in [-0.05, 0) is 18.6 Å². The molecule has 1 aromatic heterocycles. The molecule has 21 heavy (non-hydrogen) atoms. The number of pyridine rings is 1. The Morgan fingerprint density at radius 2 is 2.29 bits per heavy atom. The molecule has 3 N–H and O–H groups in total. The fourth-order valence-electron chi connectivity index (χ4n) is 1.63. The number of nitrogens with one attached hydrogen (secondary N) is 1. The molecule has 0 aliphatic heterocycles. The minimum atomic E-state index is -0.296. The molecule has 0 unspecified atom stereocenters. The second kappa shape index (κ2) is 9.12. The lowest BCUT2D eigenvalue weighted by Crippen LogP contribution is -2.31. The molecule has 0 aliphatic rings.